The molecule has 0 aliphatic heterocycles. The van der Waals surface area contributed by atoms with Crippen molar-refractivity contribution in [1.29, 1.82) is 5.26 Å². The predicted octanol–water partition coefficient (Wildman–Crippen LogP) is 4.64. The van der Waals surface area contributed by atoms with E-state index in [9.17, 15) is 20.2 Å². The van der Waals surface area contributed by atoms with Gasteiger partial charge in [-0.25, -0.2) is 0 Å². The van der Waals surface area contributed by atoms with Crippen molar-refractivity contribution in [1.82, 2.24) is 4.57 Å². The van der Waals surface area contributed by atoms with Crippen LogP contribution in [0.5, 0.6) is 0 Å². The maximum atomic E-state index is 12.8. The van der Waals surface area contributed by atoms with E-state index < -0.39 is 10.7 Å². The number of halogens is 1. The lowest BCUT2D eigenvalue weighted by molar-refractivity contribution is -0.384. The molecule has 0 unspecified atom stereocenters. The Morgan fingerprint density at radius 3 is 2.69 bits per heavy atom. The summed E-state index contributed by atoms with van der Waals surface area (Å²) >= 11 is 5.79. The van der Waals surface area contributed by atoms with Gasteiger partial charge in [-0.15, -0.1) is 6.58 Å². The smallest absolute Gasteiger partial charge is 0.288 e. The summed E-state index contributed by atoms with van der Waals surface area (Å²) in [7, 11) is 0. The van der Waals surface area contributed by atoms with Gasteiger partial charge in [0.05, 0.1) is 4.92 Å². The number of ketones is 1. The molecule has 132 valence electrons. The first kappa shape index (κ1) is 19.2. The van der Waals surface area contributed by atoms with E-state index >= 15 is 0 Å². The van der Waals surface area contributed by atoms with Crippen LogP contribution in [0.4, 0.5) is 5.69 Å². The summed E-state index contributed by atoms with van der Waals surface area (Å²) in [4.78, 5) is 23.1. The van der Waals surface area contributed by atoms with Gasteiger partial charge >= 0.3 is 0 Å². The number of aromatic nitrogens is 1. The van der Waals surface area contributed by atoms with Crippen LogP contribution in [0.3, 0.4) is 0 Å². The van der Waals surface area contributed by atoms with Crippen LogP contribution in [0.15, 0.2) is 42.5 Å². The molecule has 0 aliphatic carbocycles. The van der Waals surface area contributed by atoms with E-state index in [0.717, 1.165) is 11.4 Å². The number of carbonyl (C=O) groups excluding carboxylic acids is 1. The predicted molar refractivity (Wildman–Crippen MR) is 100 cm³/mol. The third-order valence-corrected chi connectivity index (χ3v) is 4.29. The molecule has 0 N–H and O–H groups in total. The Labute approximate surface area is 155 Å². The normalized spacial score (nSPS) is 11.1. The summed E-state index contributed by atoms with van der Waals surface area (Å²) in [5.41, 5.74) is 1.99. The minimum Gasteiger partial charge on any atom is -0.345 e. The Kier molecular flexibility index (Phi) is 5.75. The van der Waals surface area contributed by atoms with Gasteiger partial charge in [-0.1, -0.05) is 23.7 Å². The van der Waals surface area contributed by atoms with Gasteiger partial charge in [-0.3, -0.25) is 14.9 Å². The third-order valence-electron chi connectivity index (χ3n) is 3.97. The highest BCUT2D eigenvalue weighted by atomic mass is 35.5. The van der Waals surface area contributed by atoms with E-state index in [1.807, 2.05) is 17.6 Å². The van der Waals surface area contributed by atoms with E-state index in [2.05, 4.69) is 6.58 Å². The number of nitriles is 1. The summed E-state index contributed by atoms with van der Waals surface area (Å²) in [5, 5.41) is 20.4. The van der Waals surface area contributed by atoms with Gasteiger partial charge in [-0.05, 0) is 37.6 Å². The van der Waals surface area contributed by atoms with Crippen LogP contribution >= 0.6 is 11.6 Å². The van der Waals surface area contributed by atoms with Crippen LogP contribution in [0.2, 0.25) is 5.02 Å². The molecular weight excluding hydrogens is 354 g/mol. The second-order valence-corrected chi connectivity index (χ2v) is 6.06. The molecule has 0 aliphatic rings. The Morgan fingerprint density at radius 1 is 1.42 bits per heavy atom. The highest BCUT2D eigenvalue weighted by Crippen LogP contribution is 2.27. The van der Waals surface area contributed by atoms with Crippen molar-refractivity contribution in [2.24, 2.45) is 0 Å². The number of nitro benzene ring substituents is 1. The van der Waals surface area contributed by atoms with Crippen LogP contribution in [0, 0.1) is 35.3 Å². The third kappa shape index (κ3) is 3.73. The maximum Gasteiger partial charge on any atom is 0.288 e. The SMILES string of the molecule is C=CCn1c(C)cc(C(=O)/C(C#N)=C/c2ccc(Cl)c([N+](=O)[O-])c2)c1C. The van der Waals surface area contributed by atoms with Gasteiger partial charge in [0.15, 0.2) is 0 Å². The van der Waals surface area contributed by atoms with E-state index in [-0.39, 0.29) is 16.3 Å². The Balaban J connectivity index is 2.48. The van der Waals surface area contributed by atoms with Crippen molar-refractivity contribution in [2.45, 2.75) is 20.4 Å². The average molecular weight is 370 g/mol. The summed E-state index contributed by atoms with van der Waals surface area (Å²) in [6.45, 7) is 7.91. The lowest BCUT2D eigenvalue weighted by Crippen LogP contribution is -2.05. The first-order valence-corrected chi connectivity index (χ1v) is 8.06. The highest BCUT2D eigenvalue weighted by molar-refractivity contribution is 6.32. The fourth-order valence-corrected chi connectivity index (χ4v) is 2.85. The van der Waals surface area contributed by atoms with Crippen molar-refractivity contribution in [3.05, 3.63) is 80.1 Å². The second kappa shape index (κ2) is 7.81. The molecule has 1 aromatic heterocycles. The number of nitro groups is 1. The van der Waals surface area contributed by atoms with Gasteiger partial charge in [0, 0.05) is 29.6 Å². The molecule has 0 radical (unpaired) electrons. The Morgan fingerprint density at radius 2 is 2.12 bits per heavy atom. The molecule has 0 fully saturated rings. The Bertz CT molecular complexity index is 981. The Hall–Kier alpha value is -3.17. The standard InChI is InChI=1S/C19H16ClN3O3/c1-4-7-22-12(2)8-16(13(22)3)19(24)15(11-21)9-14-5-6-17(20)18(10-14)23(25)26/h4-6,8-10H,1,7H2,2-3H3/b15-9+. The molecule has 26 heavy (non-hydrogen) atoms. The van der Waals surface area contributed by atoms with Crippen molar-refractivity contribution in [2.75, 3.05) is 0 Å². The molecule has 1 heterocycles. The summed E-state index contributed by atoms with van der Waals surface area (Å²) in [6.07, 6.45) is 3.05. The number of rotatable bonds is 6. The zero-order chi connectivity index (χ0) is 19.4. The topological polar surface area (TPSA) is 88.9 Å². The van der Waals surface area contributed by atoms with E-state index in [4.69, 9.17) is 11.6 Å². The number of hydrogen-bond donors (Lipinski definition) is 0. The maximum absolute atomic E-state index is 12.8. The minimum absolute atomic E-state index is 0.00930. The molecular formula is C19H16ClN3O3. The zero-order valence-electron chi connectivity index (χ0n) is 14.3. The minimum atomic E-state index is -0.615. The van der Waals surface area contributed by atoms with Crippen molar-refractivity contribution < 1.29 is 9.72 Å². The first-order valence-electron chi connectivity index (χ1n) is 7.68. The van der Waals surface area contributed by atoms with Crippen molar-refractivity contribution >= 4 is 29.1 Å². The molecule has 1 aromatic carbocycles. The number of benzene rings is 1. The van der Waals surface area contributed by atoms with E-state index in [1.165, 1.54) is 24.3 Å². The number of allylic oxidation sites excluding steroid dienone is 2. The number of aryl methyl sites for hydroxylation is 1. The molecule has 0 spiro atoms. The van der Waals surface area contributed by atoms with Crippen LogP contribution in [-0.4, -0.2) is 15.3 Å². The zero-order valence-corrected chi connectivity index (χ0v) is 15.1. The monoisotopic (exact) mass is 369 g/mol. The number of hydrogen-bond acceptors (Lipinski definition) is 4. The fraction of sp³-hybridized carbons (Fsp3) is 0.158. The molecule has 7 heteroatoms. The van der Waals surface area contributed by atoms with E-state index in [0.29, 0.717) is 17.7 Å². The number of Topliss-reactive ketones (excluding diaryl/α,β-unsaturated/α-hetero) is 1. The number of nitrogens with zero attached hydrogens (tertiary/aromatic N) is 3. The van der Waals surface area contributed by atoms with Gasteiger partial charge in [0.1, 0.15) is 16.7 Å². The lowest BCUT2D eigenvalue weighted by Gasteiger charge is -2.06. The largest absolute Gasteiger partial charge is 0.345 e. The molecule has 0 atom stereocenters. The van der Waals surface area contributed by atoms with Crippen LogP contribution in [-0.2, 0) is 6.54 Å². The molecule has 0 saturated heterocycles. The van der Waals surface area contributed by atoms with Crippen molar-refractivity contribution in [3.63, 3.8) is 0 Å². The molecule has 2 aromatic rings. The summed E-state index contributed by atoms with van der Waals surface area (Å²) in [5.74, 6) is -0.437. The fourth-order valence-electron chi connectivity index (χ4n) is 2.66. The van der Waals surface area contributed by atoms with Crippen LogP contribution in [0.1, 0.15) is 27.3 Å². The van der Waals surface area contributed by atoms with Gasteiger partial charge in [0.25, 0.3) is 5.69 Å². The van der Waals surface area contributed by atoms with Gasteiger partial charge in [-0.2, -0.15) is 5.26 Å². The molecule has 0 bridgehead atoms. The first-order chi connectivity index (χ1) is 12.3. The van der Waals surface area contributed by atoms with E-state index in [1.54, 1.807) is 19.1 Å². The number of carbonyl (C=O) groups is 1. The average Bonchev–Trinajstić information content (AvgIpc) is 2.88. The summed E-state index contributed by atoms with van der Waals surface area (Å²) < 4.78 is 1.92. The second-order valence-electron chi connectivity index (χ2n) is 5.65. The molecule has 6 nitrogen and oxygen atoms in total. The lowest BCUT2D eigenvalue weighted by atomic mass is 10.0. The van der Waals surface area contributed by atoms with Crippen LogP contribution in [0.25, 0.3) is 6.08 Å². The summed E-state index contributed by atoms with van der Waals surface area (Å²) in [6, 6.07) is 7.71. The van der Waals surface area contributed by atoms with Crippen molar-refractivity contribution in [3.8, 4) is 6.07 Å². The molecule has 0 amide bonds. The highest BCUT2D eigenvalue weighted by Gasteiger charge is 2.20. The van der Waals surface area contributed by atoms with Gasteiger partial charge in [0.2, 0.25) is 5.78 Å². The molecule has 0 saturated carbocycles. The van der Waals surface area contributed by atoms with Gasteiger partial charge < -0.3 is 4.57 Å². The quantitative estimate of drug-likeness (QED) is 0.185. The molecule has 2 rings (SSSR count). The van der Waals surface area contributed by atoms with Crippen LogP contribution < -0.4 is 0 Å².